The second-order valence-corrected chi connectivity index (χ2v) is 3.48. The minimum Gasteiger partial charge on any atom is -1.00 e. The summed E-state index contributed by atoms with van der Waals surface area (Å²) in [7, 11) is 0. The lowest BCUT2D eigenvalue weighted by Crippen LogP contribution is -3.00. The van der Waals surface area contributed by atoms with Crippen molar-refractivity contribution < 1.29 is 22.0 Å². The highest BCUT2D eigenvalue weighted by Crippen LogP contribution is 2.19. The molecular weight excluding hydrogens is 236 g/mol. The van der Waals surface area contributed by atoms with Crippen LogP contribution in [0.2, 0.25) is 0 Å². The predicted molar refractivity (Wildman–Crippen MR) is 62.7 cm³/mol. The van der Waals surface area contributed by atoms with E-state index in [1.54, 1.807) is 24.3 Å². The van der Waals surface area contributed by atoms with Gasteiger partial charge in [0, 0.05) is 11.1 Å². The molecule has 0 amide bonds. The molecule has 0 aromatic heterocycles. The third-order valence-corrected chi connectivity index (χ3v) is 2.43. The van der Waals surface area contributed by atoms with Gasteiger partial charge < -0.3 is 12.4 Å². The zero-order valence-corrected chi connectivity index (χ0v) is 9.72. The molecule has 3 heteroatoms. The Morgan fingerprint density at radius 3 is 1.12 bits per heavy atom. The SMILES string of the molecule is O=Cc1ccc(-c2ccc(C=O)cc2)cc1.[Cl-]. The molecular formula is C14H10ClO2-. The molecule has 86 valence electrons. The monoisotopic (exact) mass is 245 g/mol. The molecule has 0 fully saturated rings. The van der Waals surface area contributed by atoms with Crippen LogP contribution in [0, 0.1) is 0 Å². The number of carbonyl (C=O) groups is 2. The number of halogens is 1. The van der Waals surface area contributed by atoms with Gasteiger partial charge in [-0.15, -0.1) is 0 Å². The van der Waals surface area contributed by atoms with Gasteiger partial charge in [0.15, 0.2) is 0 Å². The van der Waals surface area contributed by atoms with Crippen molar-refractivity contribution in [3.05, 3.63) is 59.7 Å². The molecule has 0 unspecified atom stereocenters. The Kier molecular flexibility index (Phi) is 4.61. The molecule has 0 radical (unpaired) electrons. The lowest BCUT2D eigenvalue weighted by molar-refractivity contribution is -0.0000159. The van der Waals surface area contributed by atoms with Crippen LogP contribution in [0.3, 0.4) is 0 Å². The molecule has 0 spiro atoms. The molecule has 2 aromatic rings. The highest BCUT2D eigenvalue weighted by Gasteiger charge is 1.97. The maximum atomic E-state index is 10.5. The lowest BCUT2D eigenvalue weighted by atomic mass is 10.0. The van der Waals surface area contributed by atoms with E-state index in [9.17, 15) is 9.59 Å². The molecule has 0 bridgehead atoms. The number of hydrogen-bond acceptors (Lipinski definition) is 2. The fraction of sp³-hybridized carbons (Fsp3) is 0. The summed E-state index contributed by atoms with van der Waals surface area (Å²) in [5, 5.41) is 0. The quantitative estimate of drug-likeness (QED) is 0.713. The Morgan fingerprint density at radius 2 is 0.882 bits per heavy atom. The van der Waals surface area contributed by atoms with E-state index >= 15 is 0 Å². The molecule has 0 heterocycles. The third-order valence-electron chi connectivity index (χ3n) is 2.43. The summed E-state index contributed by atoms with van der Waals surface area (Å²) in [6.45, 7) is 0. The summed E-state index contributed by atoms with van der Waals surface area (Å²) in [5.41, 5.74) is 3.38. The Balaban J connectivity index is 0.00000144. The molecule has 0 aliphatic heterocycles. The van der Waals surface area contributed by atoms with Gasteiger partial charge >= 0.3 is 0 Å². The number of benzene rings is 2. The van der Waals surface area contributed by atoms with Crippen molar-refractivity contribution in [1.29, 1.82) is 0 Å². The van der Waals surface area contributed by atoms with Crippen molar-refractivity contribution in [3.63, 3.8) is 0 Å². The van der Waals surface area contributed by atoms with Gasteiger partial charge in [-0.3, -0.25) is 9.59 Å². The molecule has 2 aromatic carbocycles. The Hall–Kier alpha value is -1.93. The smallest absolute Gasteiger partial charge is 0.150 e. The minimum atomic E-state index is 0. The average Bonchev–Trinajstić information content (AvgIpc) is 2.39. The van der Waals surface area contributed by atoms with E-state index in [1.165, 1.54) is 0 Å². The molecule has 0 N–H and O–H groups in total. The average molecular weight is 246 g/mol. The summed E-state index contributed by atoms with van der Waals surface area (Å²) in [6.07, 6.45) is 1.64. The van der Waals surface area contributed by atoms with Crippen LogP contribution < -0.4 is 12.4 Å². The summed E-state index contributed by atoms with van der Waals surface area (Å²) >= 11 is 0. The van der Waals surface area contributed by atoms with Crippen molar-refractivity contribution >= 4 is 12.6 Å². The first-order valence-corrected chi connectivity index (χ1v) is 4.94. The van der Waals surface area contributed by atoms with Gasteiger partial charge in [-0.25, -0.2) is 0 Å². The third kappa shape index (κ3) is 3.02. The maximum Gasteiger partial charge on any atom is 0.150 e. The van der Waals surface area contributed by atoms with Gasteiger partial charge in [-0.2, -0.15) is 0 Å². The van der Waals surface area contributed by atoms with Crippen LogP contribution in [-0.4, -0.2) is 12.6 Å². The lowest BCUT2D eigenvalue weighted by Gasteiger charge is -2.01. The second-order valence-electron chi connectivity index (χ2n) is 3.48. The first-order chi connectivity index (χ1) is 7.83. The first-order valence-electron chi connectivity index (χ1n) is 4.94. The van der Waals surface area contributed by atoms with E-state index in [0.29, 0.717) is 11.1 Å². The summed E-state index contributed by atoms with van der Waals surface area (Å²) in [6, 6.07) is 14.6. The van der Waals surface area contributed by atoms with Gasteiger partial charge in [0.25, 0.3) is 0 Å². The van der Waals surface area contributed by atoms with Crippen LogP contribution >= 0.6 is 0 Å². The van der Waals surface area contributed by atoms with Crippen molar-refractivity contribution in [3.8, 4) is 11.1 Å². The maximum absolute atomic E-state index is 10.5. The van der Waals surface area contributed by atoms with Crippen LogP contribution in [0.15, 0.2) is 48.5 Å². The largest absolute Gasteiger partial charge is 1.00 e. The van der Waals surface area contributed by atoms with E-state index in [0.717, 1.165) is 23.7 Å². The van der Waals surface area contributed by atoms with Crippen molar-refractivity contribution in [2.24, 2.45) is 0 Å². The zero-order chi connectivity index (χ0) is 11.4. The van der Waals surface area contributed by atoms with Crippen LogP contribution in [0.4, 0.5) is 0 Å². The van der Waals surface area contributed by atoms with Gasteiger partial charge in [0.1, 0.15) is 12.6 Å². The molecule has 2 nitrogen and oxygen atoms in total. The highest BCUT2D eigenvalue weighted by atomic mass is 35.5. The predicted octanol–water partition coefficient (Wildman–Crippen LogP) is -0.0174. The number of carbonyl (C=O) groups excluding carboxylic acids is 2. The van der Waals surface area contributed by atoms with Crippen LogP contribution in [0.25, 0.3) is 11.1 Å². The molecule has 0 aliphatic carbocycles. The molecule has 0 saturated heterocycles. The van der Waals surface area contributed by atoms with E-state index in [2.05, 4.69) is 0 Å². The van der Waals surface area contributed by atoms with Gasteiger partial charge in [-0.05, 0) is 11.1 Å². The Labute approximate surface area is 106 Å². The van der Waals surface area contributed by atoms with Gasteiger partial charge in [0.2, 0.25) is 0 Å². The fourth-order valence-corrected chi connectivity index (χ4v) is 1.51. The van der Waals surface area contributed by atoms with Gasteiger partial charge in [0.05, 0.1) is 0 Å². The topological polar surface area (TPSA) is 34.1 Å². The van der Waals surface area contributed by atoms with E-state index in [-0.39, 0.29) is 12.4 Å². The fourth-order valence-electron chi connectivity index (χ4n) is 1.51. The molecule has 0 atom stereocenters. The van der Waals surface area contributed by atoms with Crippen molar-refractivity contribution in [2.45, 2.75) is 0 Å². The Bertz CT molecular complexity index is 451. The van der Waals surface area contributed by atoms with E-state index in [1.807, 2.05) is 24.3 Å². The molecule has 2 rings (SSSR count). The number of rotatable bonds is 3. The van der Waals surface area contributed by atoms with Crippen LogP contribution in [0.5, 0.6) is 0 Å². The number of aldehydes is 2. The molecule has 0 saturated carbocycles. The standard InChI is InChI=1S/C14H10O2.ClH/c15-9-11-1-5-13(6-2-11)14-7-3-12(10-16)4-8-14;/h1-10H;1H/p-1. The second kappa shape index (κ2) is 5.97. The van der Waals surface area contributed by atoms with Crippen LogP contribution in [-0.2, 0) is 0 Å². The van der Waals surface area contributed by atoms with Crippen molar-refractivity contribution in [2.75, 3.05) is 0 Å². The Morgan fingerprint density at radius 1 is 0.588 bits per heavy atom. The van der Waals surface area contributed by atoms with Gasteiger partial charge in [-0.1, -0.05) is 48.5 Å². The van der Waals surface area contributed by atoms with E-state index in [4.69, 9.17) is 0 Å². The summed E-state index contributed by atoms with van der Waals surface area (Å²) in [5.74, 6) is 0. The summed E-state index contributed by atoms with van der Waals surface area (Å²) < 4.78 is 0. The highest BCUT2D eigenvalue weighted by molar-refractivity contribution is 5.78. The zero-order valence-electron chi connectivity index (χ0n) is 8.97. The van der Waals surface area contributed by atoms with E-state index < -0.39 is 0 Å². The first kappa shape index (κ1) is 13.1. The molecule has 17 heavy (non-hydrogen) atoms. The van der Waals surface area contributed by atoms with Crippen LogP contribution in [0.1, 0.15) is 20.7 Å². The summed E-state index contributed by atoms with van der Waals surface area (Å²) in [4.78, 5) is 21.0. The molecule has 0 aliphatic rings. The normalized spacial score (nSPS) is 9.18. The minimum absolute atomic E-state index is 0. The number of hydrogen-bond donors (Lipinski definition) is 0. The van der Waals surface area contributed by atoms with Crippen molar-refractivity contribution in [1.82, 2.24) is 0 Å².